The molecular weight excluding hydrogens is 446 g/mol. The number of rotatable bonds is 1. The van der Waals surface area contributed by atoms with Gasteiger partial charge in [0.15, 0.2) is 0 Å². The van der Waals surface area contributed by atoms with Crippen LogP contribution in [0.1, 0.15) is 0 Å². The molecule has 0 N–H and O–H groups in total. The van der Waals surface area contributed by atoms with Crippen LogP contribution >= 0.6 is 18.6 Å². The first-order valence-corrected chi connectivity index (χ1v) is 14.8. The summed E-state index contributed by atoms with van der Waals surface area (Å²) >= 11 is 2.69. The molecule has 1 nitrogen and oxygen atoms in total. The fourth-order valence-corrected chi connectivity index (χ4v) is 13.5. The van der Waals surface area contributed by atoms with Crippen molar-refractivity contribution >= 4 is 26.7 Å². The molecule has 0 aromatic heterocycles. The molecule has 0 fully saturated rings. The third-order valence-corrected chi connectivity index (χ3v) is 14.5. The minimum absolute atomic E-state index is 0.126. The number of hydrogen-bond acceptors (Lipinski definition) is 1. The van der Waals surface area contributed by atoms with Gasteiger partial charge < -0.3 is 0 Å². The van der Waals surface area contributed by atoms with E-state index >= 15 is 0 Å². The van der Waals surface area contributed by atoms with E-state index in [0.717, 1.165) is 11.5 Å². The molecule has 1 aliphatic heterocycles. The van der Waals surface area contributed by atoms with Crippen molar-refractivity contribution in [2.24, 2.45) is 0 Å². The van der Waals surface area contributed by atoms with Gasteiger partial charge in [-0.15, -0.1) is 0 Å². The van der Waals surface area contributed by atoms with Crippen LogP contribution in [0.25, 0.3) is 0 Å². The van der Waals surface area contributed by atoms with Gasteiger partial charge in [0.2, 0.25) is 0 Å². The van der Waals surface area contributed by atoms with Gasteiger partial charge in [0.1, 0.15) is 0 Å². The average molecular weight is 454 g/mol. The molecule has 0 amide bonds. The molecule has 4 heteroatoms. The predicted molar refractivity (Wildman–Crippen MR) is 70.9 cm³/mol. The van der Waals surface area contributed by atoms with Gasteiger partial charge in [-0.25, -0.2) is 0 Å². The van der Waals surface area contributed by atoms with Crippen LogP contribution in [-0.4, -0.2) is 0 Å². The van der Waals surface area contributed by atoms with Gasteiger partial charge >= 0.3 is 117 Å². The van der Waals surface area contributed by atoms with E-state index in [4.69, 9.17) is 4.74 Å². The Hall–Kier alpha value is 0.0500. The Kier molecular flexibility index (Phi) is 3.30. The van der Waals surface area contributed by atoms with E-state index in [1.165, 1.54) is 9.79 Å². The van der Waals surface area contributed by atoms with Gasteiger partial charge in [-0.1, -0.05) is 0 Å². The van der Waals surface area contributed by atoms with Gasteiger partial charge in [0.05, 0.1) is 0 Å². The number of fused-ring (bicyclic) bond motifs is 2. The summed E-state index contributed by atoms with van der Waals surface area (Å²) in [6.07, 6.45) is 0. The Bertz CT molecular complexity index is 484. The third-order valence-electron chi connectivity index (χ3n) is 2.36. The van der Waals surface area contributed by atoms with E-state index in [1.807, 2.05) is 12.1 Å². The Morgan fingerprint density at radius 1 is 0.875 bits per heavy atom. The van der Waals surface area contributed by atoms with Gasteiger partial charge in [0.25, 0.3) is 0 Å². The third kappa shape index (κ3) is 1.84. The van der Waals surface area contributed by atoms with E-state index in [-0.39, 0.29) is 23.9 Å². The second-order valence-electron chi connectivity index (χ2n) is 3.31. The molecule has 0 unspecified atom stereocenters. The van der Waals surface area contributed by atoms with Crippen molar-refractivity contribution in [2.75, 3.05) is 0 Å². The first-order chi connectivity index (χ1) is 7.90. The molecule has 1 aliphatic rings. The summed E-state index contributed by atoms with van der Waals surface area (Å²) in [5, 5.41) is 0. The number of hydrogen-bond donors (Lipinski definition) is 0. The van der Waals surface area contributed by atoms with Crippen LogP contribution in [0.3, 0.4) is 0 Å². The number of halogens is 2. The fraction of sp³-hybridized carbons (Fsp3) is 0. The zero-order valence-corrected chi connectivity index (χ0v) is 13.3. The predicted octanol–water partition coefficient (Wildman–Crippen LogP) is 1.18. The molecule has 82 valence electrons. The van der Waals surface area contributed by atoms with Crippen LogP contribution in [-0.2, 0) is 8.07 Å². The zero-order chi connectivity index (χ0) is 11.0. The van der Waals surface area contributed by atoms with Crippen molar-refractivity contribution in [3.8, 4) is 11.5 Å². The van der Waals surface area contributed by atoms with Crippen LogP contribution in [0.15, 0.2) is 58.3 Å². The molecule has 16 heavy (non-hydrogen) atoms. The van der Waals surface area contributed by atoms with E-state index in [9.17, 15) is 0 Å². The second kappa shape index (κ2) is 4.73. The van der Waals surface area contributed by atoms with Crippen molar-refractivity contribution in [1.29, 1.82) is 0 Å². The minimum atomic E-state index is 0.126. The number of benzene rings is 2. The van der Waals surface area contributed by atoms with Crippen molar-refractivity contribution in [1.82, 2.24) is 0 Å². The maximum atomic E-state index is 5.93. The van der Waals surface area contributed by atoms with Crippen molar-refractivity contribution < 1.29 is 20.6 Å². The molecule has 0 spiro atoms. The Morgan fingerprint density at radius 2 is 1.38 bits per heavy atom. The summed E-state index contributed by atoms with van der Waals surface area (Å²) in [6.45, 7) is 0. The first-order valence-electron chi connectivity index (χ1n) is 4.77. The van der Waals surface area contributed by atoms with Crippen molar-refractivity contribution in [3.05, 3.63) is 48.5 Å². The fourth-order valence-electron chi connectivity index (χ4n) is 1.66. The van der Waals surface area contributed by atoms with E-state index in [1.54, 1.807) is 0 Å². The van der Waals surface area contributed by atoms with Gasteiger partial charge in [-0.3, -0.25) is 0 Å². The molecule has 2 aromatic carbocycles. The van der Waals surface area contributed by atoms with Crippen LogP contribution in [0.4, 0.5) is 0 Å². The topological polar surface area (TPSA) is 9.23 Å². The maximum absolute atomic E-state index is 5.93. The standard InChI is InChI=1S/C12H8I2OS/c13-14-16-11-7-3-1-5-9(11)15-10-6-2-4-8-12(10)16/h1-8H. The average Bonchev–Trinajstić information content (AvgIpc) is 2.36. The SMILES string of the molecule is I[I-][S+]1c2ccccc2Oc2ccccc21. The summed E-state index contributed by atoms with van der Waals surface area (Å²) in [5.41, 5.74) is 0. The van der Waals surface area contributed by atoms with E-state index in [2.05, 4.69) is 55.0 Å². The molecule has 0 saturated carbocycles. The summed E-state index contributed by atoms with van der Waals surface area (Å²) in [5.74, 6) is 2.08. The Morgan fingerprint density at radius 3 is 1.88 bits per heavy atom. The molecule has 3 rings (SSSR count). The zero-order valence-electron chi connectivity index (χ0n) is 8.19. The molecular formula is C12H8I2OS. The van der Waals surface area contributed by atoms with Crippen molar-refractivity contribution in [2.45, 2.75) is 9.79 Å². The monoisotopic (exact) mass is 454 g/mol. The van der Waals surface area contributed by atoms with E-state index in [0.29, 0.717) is 0 Å². The number of para-hydroxylation sites is 2. The Balaban J connectivity index is 2.19. The summed E-state index contributed by atoms with van der Waals surface area (Å²) in [7, 11) is 0.270. The van der Waals surface area contributed by atoms with Gasteiger partial charge in [-0.05, 0) is 0 Å². The first kappa shape index (κ1) is 11.2. The molecule has 1 heterocycles. The second-order valence-corrected chi connectivity index (χ2v) is 15.2. The van der Waals surface area contributed by atoms with E-state index < -0.39 is 0 Å². The molecule has 0 atom stereocenters. The Labute approximate surface area is 116 Å². The van der Waals surface area contributed by atoms with Crippen LogP contribution < -0.4 is 20.6 Å². The van der Waals surface area contributed by atoms with Gasteiger partial charge in [-0.2, -0.15) is 0 Å². The summed E-state index contributed by atoms with van der Waals surface area (Å²) in [6, 6.07) is 16.8. The van der Waals surface area contributed by atoms with Crippen molar-refractivity contribution in [3.63, 3.8) is 0 Å². The summed E-state index contributed by atoms with van der Waals surface area (Å²) < 4.78 is 5.93. The molecule has 0 saturated heterocycles. The quantitative estimate of drug-likeness (QED) is 0.465. The molecule has 0 aliphatic carbocycles. The normalized spacial score (nSPS) is 14.1. The molecule has 2 aromatic rings. The van der Waals surface area contributed by atoms with Crippen LogP contribution in [0.2, 0.25) is 0 Å². The summed E-state index contributed by atoms with van der Waals surface area (Å²) in [4.78, 5) is 2.76. The molecule has 0 bridgehead atoms. The van der Waals surface area contributed by atoms with Crippen LogP contribution in [0, 0.1) is 0 Å². The van der Waals surface area contributed by atoms with Gasteiger partial charge in [0, 0.05) is 0 Å². The van der Waals surface area contributed by atoms with Crippen LogP contribution in [0.5, 0.6) is 11.5 Å². The molecule has 0 radical (unpaired) electrons. The number of ether oxygens (including phenoxy) is 1.